The fourth-order valence-electron chi connectivity index (χ4n) is 0.683. The number of aliphatic hydroxyl groups excluding tert-OH is 1. The Balaban J connectivity index is 3.16. The number of hydrogen-bond acceptors (Lipinski definition) is 3. The van der Waals surface area contributed by atoms with E-state index >= 15 is 0 Å². The Morgan fingerprint density at radius 3 is 2.70 bits per heavy atom. The zero-order valence-corrected chi connectivity index (χ0v) is 6.42. The van der Waals surface area contributed by atoms with E-state index in [2.05, 4.69) is 6.92 Å². The minimum Gasteiger partial charge on any atom is -0.393 e. The molecule has 0 aromatic rings. The van der Waals surface area contributed by atoms with E-state index in [-0.39, 0.29) is 12.2 Å². The van der Waals surface area contributed by atoms with E-state index in [1.807, 2.05) is 0 Å². The molecule has 61 valence electrons. The van der Waals surface area contributed by atoms with E-state index in [9.17, 15) is 0 Å². The van der Waals surface area contributed by atoms with Crippen molar-refractivity contribution in [2.75, 3.05) is 13.2 Å². The lowest BCUT2D eigenvalue weighted by Gasteiger charge is -2.13. The lowest BCUT2D eigenvalue weighted by Crippen LogP contribution is -2.19. The summed E-state index contributed by atoms with van der Waals surface area (Å²) in [6.45, 7) is 6.41. The Hall–Kier alpha value is -0.120. The molecule has 0 aliphatic heterocycles. The molecule has 0 amide bonds. The summed E-state index contributed by atoms with van der Waals surface area (Å²) in [6.07, 6.45) is 0.0869. The maximum Gasteiger partial charge on any atom is 0.0601 e. The van der Waals surface area contributed by atoms with Crippen molar-refractivity contribution in [3.05, 3.63) is 6.92 Å². The summed E-state index contributed by atoms with van der Waals surface area (Å²) in [5.74, 6) is 0. The Morgan fingerprint density at radius 1 is 1.70 bits per heavy atom. The van der Waals surface area contributed by atoms with Crippen LogP contribution in [0.25, 0.3) is 0 Å². The zero-order valence-electron chi connectivity index (χ0n) is 6.42. The fourth-order valence-corrected chi connectivity index (χ4v) is 0.683. The van der Waals surface area contributed by atoms with Crippen LogP contribution in [-0.4, -0.2) is 30.5 Å². The number of rotatable bonds is 5. The summed E-state index contributed by atoms with van der Waals surface area (Å²) < 4.78 is 5.11. The molecule has 0 rings (SSSR count). The molecule has 0 aliphatic carbocycles. The van der Waals surface area contributed by atoms with Gasteiger partial charge in [-0.3, -0.25) is 0 Å². The van der Waals surface area contributed by atoms with E-state index < -0.39 is 0 Å². The molecule has 0 bridgehead atoms. The van der Waals surface area contributed by atoms with Gasteiger partial charge in [-0.05, 0) is 20.3 Å². The van der Waals surface area contributed by atoms with Crippen molar-refractivity contribution in [1.29, 1.82) is 0 Å². The first-order valence-electron chi connectivity index (χ1n) is 3.49. The minimum atomic E-state index is -0.347. The van der Waals surface area contributed by atoms with Crippen molar-refractivity contribution < 1.29 is 9.84 Å². The van der Waals surface area contributed by atoms with Crippen LogP contribution in [0.4, 0.5) is 0 Å². The van der Waals surface area contributed by atoms with Crippen molar-refractivity contribution in [3.63, 3.8) is 0 Å². The molecule has 0 saturated heterocycles. The van der Waals surface area contributed by atoms with Gasteiger partial charge in [-0.1, -0.05) is 0 Å². The Bertz CT molecular complexity index is 76.0. The Morgan fingerprint density at radius 2 is 2.30 bits per heavy atom. The quantitative estimate of drug-likeness (QED) is 0.571. The average Bonchev–Trinajstić information content (AvgIpc) is 1.82. The standard InChI is InChI=1S/C7H16NO2/c1-6(9)5-7(2)10-4-3-8/h6-7,9H,2-5,8H2,1H3. The lowest BCUT2D eigenvalue weighted by atomic mass is 10.2. The number of ether oxygens (including phenoxy) is 1. The second-order valence-corrected chi connectivity index (χ2v) is 2.37. The molecule has 0 aromatic carbocycles. The second kappa shape index (κ2) is 5.65. The summed E-state index contributed by atoms with van der Waals surface area (Å²) >= 11 is 0. The first-order chi connectivity index (χ1) is 4.66. The largest absolute Gasteiger partial charge is 0.393 e. The molecule has 0 aliphatic rings. The van der Waals surface area contributed by atoms with Gasteiger partial charge in [0.25, 0.3) is 0 Å². The summed E-state index contributed by atoms with van der Waals surface area (Å²) in [4.78, 5) is 0. The summed E-state index contributed by atoms with van der Waals surface area (Å²) in [7, 11) is 0. The topological polar surface area (TPSA) is 55.5 Å². The van der Waals surface area contributed by atoms with Crippen molar-refractivity contribution >= 4 is 0 Å². The summed E-state index contributed by atoms with van der Waals surface area (Å²) in [5.41, 5.74) is 5.19. The third-order valence-corrected chi connectivity index (χ3v) is 1.08. The van der Waals surface area contributed by atoms with Crippen molar-refractivity contribution in [2.24, 2.45) is 5.73 Å². The monoisotopic (exact) mass is 146 g/mol. The molecule has 0 heterocycles. The van der Waals surface area contributed by atoms with Gasteiger partial charge in [0, 0.05) is 6.54 Å². The first kappa shape index (κ1) is 9.88. The van der Waals surface area contributed by atoms with Crippen molar-refractivity contribution in [1.82, 2.24) is 0 Å². The van der Waals surface area contributed by atoms with Gasteiger partial charge in [-0.2, -0.15) is 0 Å². The molecule has 3 nitrogen and oxygen atoms in total. The fraction of sp³-hybridized carbons (Fsp3) is 0.857. The normalized spacial score (nSPS) is 16.8. The number of nitrogens with two attached hydrogens (primary N) is 1. The summed E-state index contributed by atoms with van der Waals surface area (Å²) in [5, 5.41) is 8.87. The molecule has 2 unspecified atom stereocenters. The van der Waals surface area contributed by atoms with Gasteiger partial charge in [-0.25, -0.2) is 0 Å². The highest BCUT2D eigenvalue weighted by molar-refractivity contribution is 4.63. The molecule has 2 atom stereocenters. The average molecular weight is 146 g/mol. The Labute approximate surface area is 62.2 Å². The second-order valence-electron chi connectivity index (χ2n) is 2.37. The minimum absolute atomic E-state index is 0.136. The highest BCUT2D eigenvalue weighted by Gasteiger charge is 2.04. The van der Waals surface area contributed by atoms with E-state index in [1.165, 1.54) is 0 Å². The van der Waals surface area contributed by atoms with Gasteiger partial charge in [-0.15, -0.1) is 0 Å². The molecule has 0 fully saturated rings. The first-order valence-corrected chi connectivity index (χ1v) is 3.49. The van der Waals surface area contributed by atoms with Crippen LogP contribution in [-0.2, 0) is 4.74 Å². The molecule has 0 aromatic heterocycles. The molecule has 1 radical (unpaired) electrons. The predicted octanol–water partition coefficient (Wildman–Crippen LogP) is -0.0647. The third kappa shape index (κ3) is 6.01. The molecule has 0 saturated carbocycles. The van der Waals surface area contributed by atoms with Gasteiger partial charge in [0.05, 0.1) is 18.8 Å². The van der Waals surface area contributed by atoms with Crippen LogP contribution >= 0.6 is 0 Å². The van der Waals surface area contributed by atoms with Crippen molar-refractivity contribution in [2.45, 2.75) is 25.6 Å². The van der Waals surface area contributed by atoms with Crippen LogP contribution in [0.15, 0.2) is 0 Å². The molecule has 3 heteroatoms. The maximum atomic E-state index is 8.87. The SMILES string of the molecule is [CH2]C(CC(C)O)OCCN. The zero-order chi connectivity index (χ0) is 7.98. The maximum absolute atomic E-state index is 8.87. The van der Waals surface area contributed by atoms with Gasteiger partial charge in [0.15, 0.2) is 0 Å². The van der Waals surface area contributed by atoms with Crippen LogP contribution in [0.5, 0.6) is 0 Å². The van der Waals surface area contributed by atoms with Crippen LogP contribution in [0.3, 0.4) is 0 Å². The van der Waals surface area contributed by atoms with E-state index in [1.54, 1.807) is 6.92 Å². The highest BCUT2D eigenvalue weighted by Crippen LogP contribution is 1.99. The van der Waals surface area contributed by atoms with Crippen LogP contribution in [0, 0.1) is 6.92 Å². The summed E-state index contributed by atoms with van der Waals surface area (Å²) in [6, 6.07) is 0. The molecule has 0 spiro atoms. The van der Waals surface area contributed by atoms with Crippen molar-refractivity contribution in [3.8, 4) is 0 Å². The van der Waals surface area contributed by atoms with Gasteiger partial charge >= 0.3 is 0 Å². The molecule has 3 N–H and O–H groups in total. The van der Waals surface area contributed by atoms with Gasteiger partial charge < -0.3 is 15.6 Å². The Kier molecular flexibility index (Phi) is 5.58. The lowest BCUT2D eigenvalue weighted by molar-refractivity contribution is 0.0483. The number of hydrogen-bond donors (Lipinski definition) is 2. The third-order valence-electron chi connectivity index (χ3n) is 1.08. The number of aliphatic hydroxyl groups is 1. The highest BCUT2D eigenvalue weighted by atomic mass is 16.5. The van der Waals surface area contributed by atoms with E-state index in [0.717, 1.165) is 0 Å². The van der Waals surface area contributed by atoms with E-state index in [4.69, 9.17) is 15.6 Å². The van der Waals surface area contributed by atoms with Crippen LogP contribution < -0.4 is 5.73 Å². The predicted molar refractivity (Wildman–Crippen MR) is 40.4 cm³/mol. The molecular formula is C7H16NO2. The van der Waals surface area contributed by atoms with Crippen LogP contribution in [0.1, 0.15) is 13.3 Å². The smallest absolute Gasteiger partial charge is 0.0601 e. The van der Waals surface area contributed by atoms with Crippen LogP contribution in [0.2, 0.25) is 0 Å². The van der Waals surface area contributed by atoms with Gasteiger partial charge in [0.1, 0.15) is 0 Å². The van der Waals surface area contributed by atoms with Gasteiger partial charge in [0.2, 0.25) is 0 Å². The molecule has 10 heavy (non-hydrogen) atoms. The van der Waals surface area contributed by atoms with E-state index in [0.29, 0.717) is 19.6 Å². The molecular weight excluding hydrogens is 130 g/mol.